The number of rotatable bonds is 4. The standard InChI is InChI=1S/C14H17N3O/c1-10-9-16-11(2)14(17-10)18-8-7-12-5-3-4-6-13(12)15/h3-6,9H,7-8,15H2,1-2H3. The van der Waals surface area contributed by atoms with Gasteiger partial charge in [-0.25, -0.2) is 4.98 Å². The monoisotopic (exact) mass is 243 g/mol. The number of para-hydroxylation sites is 1. The van der Waals surface area contributed by atoms with Crippen LogP contribution in [0.3, 0.4) is 0 Å². The number of nitrogens with zero attached hydrogens (tertiary/aromatic N) is 2. The van der Waals surface area contributed by atoms with Gasteiger partial charge in [-0.3, -0.25) is 4.98 Å². The summed E-state index contributed by atoms with van der Waals surface area (Å²) in [7, 11) is 0. The van der Waals surface area contributed by atoms with E-state index in [1.165, 1.54) is 0 Å². The van der Waals surface area contributed by atoms with Crippen molar-refractivity contribution in [3.05, 3.63) is 47.4 Å². The van der Waals surface area contributed by atoms with Crippen LogP contribution in [0.25, 0.3) is 0 Å². The summed E-state index contributed by atoms with van der Waals surface area (Å²) in [6.45, 7) is 4.33. The zero-order valence-electron chi connectivity index (χ0n) is 10.7. The van der Waals surface area contributed by atoms with Gasteiger partial charge in [-0.1, -0.05) is 18.2 Å². The molecule has 18 heavy (non-hydrogen) atoms. The molecule has 0 aliphatic heterocycles. The Kier molecular flexibility index (Phi) is 3.77. The zero-order valence-corrected chi connectivity index (χ0v) is 10.7. The smallest absolute Gasteiger partial charge is 0.235 e. The Balaban J connectivity index is 1.96. The molecule has 0 saturated heterocycles. The van der Waals surface area contributed by atoms with E-state index in [1.54, 1.807) is 6.20 Å². The van der Waals surface area contributed by atoms with Crippen molar-refractivity contribution in [1.82, 2.24) is 9.97 Å². The van der Waals surface area contributed by atoms with Crippen molar-refractivity contribution in [2.24, 2.45) is 0 Å². The van der Waals surface area contributed by atoms with Gasteiger partial charge < -0.3 is 10.5 Å². The van der Waals surface area contributed by atoms with E-state index in [1.807, 2.05) is 38.1 Å². The molecule has 0 unspecified atom stereocenters. The fourth-order valence-corrected chi connectivity index (χ4v) is 1.67. The number of anilines is 1. The van der Waals surface area contributed by atoms with Gasteiger partial charge in [0.2, 0.25) is 5.88 Å². The number of nitrogens with two attached hydrogens (primary N) is 1. The normalized spacial score (nSPS) is 10.3. The lowest BCUT2D eigenvalue weighted by atomic mass is 10.1. The fraction of sp³-hybridized carbons (Fsp3) is 0.286. The first-order valence-corrected chi connectivity index (χ1v) is 5.93. The molecule has 94 valence electrons. The molecule has 2 aromatic rings. The molecule has 0 aliphatic carbocycles. The number of hydrogen-bond donors (Lipinski definition) is 1. The van der Waals surface area contributed by atoms with Gasteiger partial charge in [0.15, 0.2) is 0 Å². The molecule has 1 aromatic heterocycles. The molecule has 4 nitrogen and oxygen atoms in total. The van der Waals surface area contributed by atoms with Crippen molar-refractivity contribution in [3.63, 3.8) is 0 Å². The summed E-state index contributed by atoms with van der Waals surface area (Å²) in [5.41, 5.74) is 9.43. The number of nitrogen functional groups attached to an aromatic ring is 1. The second-order valence-corrected chi connectivity index (χ2v) is 4.20. The Morgan fingerprint density at radius 3 is 2.78 bits per heavy atom. The number of aromatic nitrogens is 2. The topological polar surface area (TPSA) is 61.0 Å². The van der Waals surface area contributed by atoms with E-state index >= 15 is 0 Å². The third-order valence-electron chi connectivity index (χ3n) is 2.70. The van der Waals surface area contributed by atoms with Crippen LogP contribution in [0.2, 0.25) is 0 Å². The third kappa shape index (κ3) is 2.97. The SMILES string of the molecule is Cc1cnc(C)c(OCCc2ccccc2N)n1. The van der Waals surface area contributed by atoms with Crippen molar-refractivity contribution in [2.75, 3.05) is 12.3 Å². The van der Waals surface area contributed by atoms with E-state index in [0.717, 1.165) is 29.1 Å². The van der Waals surface area contributed by atoms with Gasteiger partial charge in [-0.15, -0.1) is 0 Å². The van der Waals surface area contributed by atoms with E-state index in [2.05, 4.69) is 9.97 Å². The van der Waals surface area contributed by atoms with Crippen LogP contribution in [-0.4, -0.2) is 16.6 Å². The minimum atomic E-state index is 0.549. The third-order valence-corrected chi connectivity index (χ3v) is 2.70. The van der Waals surface area contributed by atoms with Gasteiger partial charge in [0.25, 0.3) is 0 Å². The number of hydrogen-bond acceptors (Lipinski definition) is 4. The number of aryl methyl sites for hydroxylation is 2. The van der Waals surface area contributed by atoms with Gasteiger partial charge in [-0.05, 0) is 25.5 Å². The zero-order chi connectivity index (χ0) is 13.0. The quantitative estimate of drug-likeness (QED) is 0.837. The highest BCUT2D eigenvalue weighted by atomic mass is 16.5. The molecule has 0 fully saturated rings. The minimum absolute atomic E-state index is 0.549. The highest BCUT2D eigenvalue weighted by molar-refractivity contribution is 5.46. The Morgan fingerprint density at radius 1 is 1.22 bits per heavy atom. The first kappa shape index (κ1) is 12.4. The molecule has 0 radical (unpaired) electrons. The fourth-order valence-electron chi connectivity index (χ4n) is 1.67. The van der Waals surface area contributed by atoms with E-state index in [0.29, 0.717) is 12.5 Å². The van der Waals surface area contributed by atoms with Crippen LogP contribution < -0.4 is 10.5 Å². The highest BCUT2D eigenvalue weighted by Gasteiger charge is 2.04. The largest absolute Gasteiger partial charge is 0.476 e. The van der Waals surface area contributed by atoms with Crippen LogP contribution in [-0.2, 0) is 6.42 Å². The van der Waals surface area contributed by atoms with Crippen LogP contribution >= 0.6 is 0 Å². The number of ether oxygens (including phenoxy) is 1. The van der Waals surface area contributed by atoms with Crippen molar-refractivity contribution in [1.29, 1.82) is 0 Å². The molecule has 0 bridgehead atoms. The van der Waals surface area contributed by atoms with Gasteiger partial charge in [-0.2, -0.15) is 0 Å². The Bertz CT molecular complexity index is 540. The average molecular weight is 243 g/mol. The first-order chi connectivity index (χ1) is 8.66. The maximum atomic E-state index is 5.87. The van der Waals surface area contributed by atoms with Crippen LogP contribution in [0.4, 0.5) is 5.69 Å². The Labute approximate surface area is 107 Å². The summed E-state index contributed by atoms with van der Waals surface area (Å²) >= 11 is 0. The predicted molar refractivity (Wildman–Crippen MR) is 71.6 cm³/mol. The van der Waals surface area contributed by atoms with Gasteiger partial charge in [0, 0.05) is 18.3 Å². The Morgan fingerprint density at radius 2 is 2.00 bits per heavy atom. The lowest BCUT2D eigenvalue weighted by Gasteiger charge is -2.09. The molecular formula is C14H17N3O. The summed E-state index contributed by atoms with van der Waals surface area (Å²) in [4.78, 5) is 8.52. The van der Waals surface area contributed by atoms with Crippen LogP contribution in [0, 0.1) is 13.8 Å². The molecule has 0 atom stereocenters. The van der Waals surface area contributed by atoms with E-state index < -0.39 is 0 Å². The van der Waals surface area contributed by atoms with Crippen LogP contribution in [0.5, 0.6) is 5.88 Å². The molecule has 0 amide bonds. The maximum Gasteiger partial charge on any atom is 0.235 e. The molecule has 2 N–H and O–H groups in total. The van der Waals surface area contributed by atoms with Crippen LogP contribution in [0.15, 0.2) is 30.5 Å². The van der Waals surface area contributed by atoms with E-state index in [-0.39, 0.29) is 0 Å². The minimum Gasteiger partial charge on any atom is -0.476 e. The van der Waals surface area contributed by atoms with Gasteiger partial charge in [0.1, 0.15) is 0 Å². The van der Waals surface area contributed by atoms with Crippen molar-refractivity contribution in [2.45, 2.75) is 20.3 Å². The highest BCUT2D eigenvalue weighted by Crippen LogP contribution is 2.14. The molecule has 2 rings (SSSR count). The number of benzene rings is 1. The maximum absolute atomic E-state index is 5.87. The van der Waals surface area contributed by atoms with Crippen molar-refractivity contribution < 1.29 is 4.74 Å². The molecule has 1 heterocycles. The summed E-state index contributed by atoms with van der Waals surface area (Å²) in [5.74, 6) is 0.601. The summed E-state index contributed by atoms with van der Waals surface area (Å²) in [5, 5.41) is 0. The van der Waals surface area contributed by atoms with Crippen molar-refractivity contribution >= 4 is 5.69 Å². The summed E-state index contributed by atoms with van der Waals surface area (Å²) in [6.07, 6.45) is 2.50. The van der Waals surface area contributed by atoms with Gasteiger partial charge >= 0.3 is 0 Å². The first-order valence-electron chi connectivity index (χ1n) is 5.93. The Hall–Kier alpha value is -2.10. The molecule has 0 saturated carbocycles. The van der Waals surface area contributed by atoms with Crippen LogP contribution in [0.1, 0.15) is 17.0 Å². The lowest BCUT2D eigenvalue weighted by molar-refractivity contribution is 0.305. The summed E-state index contributed by atoms with van der Waals surface area (Å²) < 4.78 is 5.65. The molecule has 4 heteroatoms. The second-order valence-electron chi connectivity index (χ2n) is 4.20. The van der Waals surface area contributed by atoms with Crippen molar-refractivity contribution in [3.8, 4) is 5.88 Å². The van der Waals surface area contributed by atoms with E-state index in [4.69, 9.17) is 10.5 Å². The molecular weight excluding hydrogens is 226 g/mol. The predicted octanol–water partition coefficient (Wildman–Crippen LogP) is 2.30. The molecule has 1 aromatic carbocycles. The molecule has 0 aliphatic rings. The second kappa shape index (κ2) is 5.49. The van der Waals surface area contributed by atoms with Gasteiger partial charge in [0.05, 0.1) is 18.0 Å². The lowest BCUT2D eigenvalue weighted by Crippen LogP contribution is -2.06. The average Bonchev–Trinajstić information content (AvgIpc) is 2.36. The molecule has 0 spiro atoms. The van der Waals surface area contributed by atoms with E-state index in [9.17, 15) is 0 Å². The summed E-state index contributed by atoms with van der Waals surface area (Å²) in [6, 6.07) is 7.81.